The molecule has 2 N–H and O–H groups in total. The maximum Gasteiger partial charge on any atom is 0.257 e. The van der Waals surface area contributed by atoms with Gasteiger partial charge in [0.1, 0.15) is 5.84 Å². The Morgan fingerprint density at radius 1 is 1.15 bits per heavy atom. The van der Waals surface area contributed by atoms with Gasteiger partial charge in [-0.25, -0.2) is 8.78 Å². The minimum absolute atomic E-state index is 0.00361. The summed E-state index contributed by atoms with van der Waals surface area (Å²) in [4.78, 5) is 11.0. The minimum Gasteiger partial charge on any atom is -0.306 e. The Balaban J connectivity index is 2.72. The highest BCUT2D eigenvalue weighted by atomic mass is 19.2. The van der Waals surface area contributed by atoms with Crippen molar-refractivity contribution in [3.63, 3.8) is 0 Å². The van der Waals surface area contributed by atoms with Crippen molar-refractivity contribution < 1.29 is 13.6 Å². The summed E-state index contributed by atoms with van der Waals surface area (Å²) >= 11 is 0. The van der Waals surface area contributed by atoms with Crippen LogP contribution < -0.4 is 5.32 Å². The molecule has 0 spiro atoms. The van der Waals surface area contributed by atoms with Gasteiger partial charge in [0.2, 0.25) is 0 Å². The largest absolute Gasteiger partial charge is 0.306 e. The van der Waals surface area contributed by atoms with Gasteiger partial charge < -0.3 is 5.32 Å². The fraction of sp³-hybridized carbons (Fsp3) is 0. The van der Waals surface area contributed by atoms with Crippen LogP contribution in [0.4, 0.5) is 8.78 Å². The van der Waals surface area contributed by atoms with E-state index in [1.54, 1.807) is 0 Å². The molecule has 0 aliphatic carbocycles. The average Bonchev–Trinajstić information content (AvgIpc) is 2.31. The van der Waals surface area contributed by atoms with E-state index in [4.69, 9.17) is 5.41 Å². The van der Waals surface area contributed by atoms with E-state index in [0.717, 1.165) is 12.1 Å². The number of rotatable bonds is 0. The van der Waals surface area contributed by atoms with Gasteiger partial charge in [-0.1, -0.05) is 0 Å². The number of hydrogen-bond donors (Lipinski definition) is 2. The number of amidine groups is 1. The van der Waals surface area contributed by atoms with E-state index in [9.17, 15) is 13.6 Å². The molecule has 0 unspecified atom stereocenters. The van der Waals surface area contributed by atoms with Crippen molar-refractivity contribution in [2.45, 2.75) is 0 Å². The molecule has 5 heteroatoms. The number of halogens is 2. The summed E-state index contributed by atoms with van der Waals surface area (Å²) in [5.74, 6) is -2.90. The van der Waals surface area contributed by atoms with E-state index in [0.29, 0.717) is 0 Å². The van der Waals surface area contributed by atoms with Crippen LogP contribution in [0.15, 0.2) is 12.1 Å². The maximum absolute atomic E-state index is 12.7. The van der Waals surface area contributed by atoms with Crippen LogP contribution in [-0.4, -0.2) is 11.7 Å². The Kier molecular flexibility index (Phi) is 1.42. The summed E-state index contributed by atoms with van der Waals surface area (Å²) in [6.45, 7) is 0. The Labute approximate surface area is 71.9 Å². The zero-order chi connectivity index (χ0) is 9.59. The molecule has 0 radical (unpaired) electrons. The van der Waals surface area contributed by atoms with Crippen molar-refractivity contribution in [3.8, 4) is 0 Å². The molecule has 1 aliphatic heterocycles. The fourth-order valence-corrected chi connectivity index (χ4v) is 1.19. The predicted octanol–water partition coefficient (Wildman–Crippen LogP) is 1.03. The number of nitrogens with one attached hydrogen (secondary N) is 2. The van der Waals surface area contributed by atoms with Crippen molar-refractivity contribution in [2.75, 3.05) is 0 Å². The zero-order valence-corrected chi connectivity index (χ0v) is 6.32. The molecule has 0 fully saturated rings. The molecule has 0 bridgehead atoms. The SMILES string of the molecule is N=C1NC(=O)c2cc(F)c(F)cc21. The first-order chi connectivity index (χ1) is 6.09. The topological polar surface area (TPSA) is 53.0 Å². The van der Waals surface area contributed by atoms with Crippen LogP contribution >= 0.6 is 0 Å². The molecule has 13 heavy (non-hydrogen) atoms. The lowest BCUT2D eigenvalue weighted by Gasteiger charge is -1.96. The van der Waals surface area contributed by atoms with Crippen LogP contribution in [0.1, 0.15) is 15.9 Å². The summed E-state index contributed by atoms with van der Waals surface area (Å²) in [5, 5.41) is 9.35. The molecule has 1 heterocycles. The lowest BCUT2D eigenvalue weighted by Crippen LogP contribution is -2.19. The standard InChI is InChI=1S/C8H4F2N2O/c9-5-1-3-4(2-6(5)10)8(13)12-7(3)11/h1-2H,(H2,11,12,13). The van der Waals surface area contributed by atoms with Crippen molar-refractivity contribution in [1.82, 2.24) is 5.32 Å². The van der Waals surface area contributed by atoms with Gasteiger partial charge >= 0.3 is 0 Å². The highest BCUT2D eigenvalue weighted by molar-refractivity contribution is 6.22. The molecule has 66 valence electrons. The molecule has 0 atom stereocenters. The molecular weight excluding hydrogens is 178 g/mol. The van der Waals surface area contributed by atoms with Gasteiger partial charge in [-0.05, 0) is 12.1 Å². The van der Waals surface area contributed by atoms with Gasteiger partial charge in [-0.3, -0.25) is 10.2 Å². The zero-order valence-electron chi connectivity index (χ0n) is 6.32. The second-order valence-electron chi connectivity index (χ2n) is 2.64. The molecule has 1 amide bonds. The van der Waals surface area contributed by atoms with Gasteiger partial charge in [0.05, 0.1) is 5.56 Å². The van der Waals surface area contributed by atoms with E-state index >= 15 is 0 Å². The van der Waals surface area contributed by atoms with Crippen molar-refractivity contribution >= 4 is 11.7 Å². The summed E-state index contributed by atoms with van der Waals surface area (Å²) in [6, 6.07) is 1.63. The molecular formula is C8H4F2N2O. The lowest BCUT2D eigenvalue weighted by molar-refractivity contribution is 0.0982. The van der Waals surface area contributed by atoms with Gasteiger partial charge in [0.15, 0.2) is 11.6 Å². The molecule has 2 rings (SSSR count). The number of benzene rings is 1. The van der Waals surface area contributed by atoms with Gasteiger partial charge in [0.25, 0.3) is 5.91 Å². The first-order valence-electron chi connectivity index (χ1n) is 3.49. The fourth-order valence-electron chi connectivity index (χ4n) is 1.19. The van der Waals surface area contributed by atoms with E-state index in [1.165, 1.54) is 0 Å². The van der Waals surface area contributed by atoms with E-state index < -0.39 is 17.5 Å². The van der Waals surface area contributed by atoms with Crippen LogP contribution in [0.2, 0.25) is 0 Å². The third-order valence-corrected chi connectivity index (χ3v) is 1.81. The Morgan fingerprint density at radius 2 is 1.69 bits per heavy atom. The van der Waals surface area contributed by atoms with Crippen LogP contribution in [0.3, 0.4) is 0 Å². The first-order valence-corrected chi connectivity index (χ1v) is 3.49. The maximum atomic E-state index is 12.7. The summed E-state index contributed by atoms with van der Waals surface area (Å²) in [7, 11) is 0. The van der Waals surface area contributed by atoms with Gasteiger partial charge in [0, 0.05) is 5.56 Å². The second-order valence-corrected chi connectivity index (χ2v) is 2.64. The smallest absolute Gasteiger partial charge is 0.257 e. The predicted molar refractivity (Wildman–Crippen MR) is 40.7 cm³/mol. The first kappa shape index (κ1) is 7.85. The minimum atomic E-state index is -1.08. The number of carbonyl (C=O) groups is 1. The monoisotopic (exact) mass is 182 g/mol. The lowest BCUT2D eigenvalue weighted by atomic mass is 10.1. The molecule has 1 aromatic carbocycles. The van der Waals surface area contributed by atoms with Gasteiger partial charge in [-0.2, -0.15) is 0 Å². The molecule has 0 aromatic heterocycles. The van der Waals surface area contributed by atoms with E-state index in [1.807, 2.05) is 0 Å². The molecule has 0 saturated carbocycles. The van der Waals surface area contributed by atoms with Crippen LogP contribution in [0, 0.1) is 17.0 Å². The summed E-state index contributed by atoms with van der Waals surface area (Å²) in [5.41, 5.74) is 0.104. The van der Waals surface area contributed by atoms with E-state index in [2.05, 4.69) is 5.32 Å². The second kappa shape index (κ2) is 2.35. The van der Waals surface area contributed by atoms with Crippen molar-refractivity contribution in [2.24, 2.45) is 0 Å². The normalized spacial score (nSPS) is 14.3. The molecule has 3 nitrogen and oxygen atoms in total. The third-order valence-electron chi connectivity index (χ3n) is 1.81. The Morgan fingerprint density at radius 3 is 2.31 bits per heavy atom. The molecule has 1 aliphatic rings. The number of hydrogen-bond acceptors (Lipinski definition) is 2. The summed E-state index contributed by atoms with van der Waals surface area (Å²) < 4.78 is 25.3. The number of carbonyl (C=O) groups excluding carboxylic acids is 1. The van der Waals surface area contributed by atoms with Crippen LogP contribution in [0.25, 0.3) is 0 Å². The highest BCUT2D eigenvalue weighted by Crippen LogP contribution is 2.18. The summed E-state index contributed by atoms with van der Waals surface area (Å²) in [6.07, 6.45) is 0. The van der Waals surface area contributed by atoms with Crippen molar-refractivity contribution in [1.29, 1.82) is 5.41 Å². The number of fused-ring (bicyclic) bond motifs is 1. The average molecular weight is 182 g/mol. The third kappa shape index (κ3) is 1.00. The van der Waals surface area contributed by atoms with Crippen molar-refractivity contribution in [3.05, 3.63) is 34.9 Å². The van der Waals surface area contributed by atoms with Gasteiger partial charge in [-0.15, -0.1) is 0 Å². The number of amides is 1. The molecule has 0 saturated heterocycles. The van der Waals surface area contributed by atoms with Crippen LogP contribution in [0.5, 0.6) is 0 Å². The quantitative estimate of drug-likeness (QED) is 0.618. The Bertz CT molecular complexity index is 389. The van der Waals surface area contributed by atoms with E-state index in [-0.39, 0.29) is 17.0 Å². The molecule has 1 aromatic rings. The van der Waals surface area contributed by atoms with Crippen LogP contribution in [-0.2, 0) is 0 Å². The highest BCUT2D eigenvalue weighted by Gasteiger charge is 2.25. The Hall–Kier alpha value is -1.78.